The van der Waals surface area contributed by atoms with Crippen LogP contribution in [-0.2, 0) is 6.54 Å². The lowest BCUT2D eigenvalue weighted by atomic mass is 10.1. The molecule has 0 unspecified atom stereocenters. The molecule has 0 saturated heterocycles. The van der Waals surface area contributed by atoms with E-state index in [9.17, 15) is 4.79 Å². The van der Waals surface area contributed by atoms with Crippen LogP contribution in [0.3, 0.4) is 0 Å². The molecule has 7 heteroatoms. The number of benzene rings is 1. The molecule has 0 spiro atoms. The first kappa shape index (κ1) is 15.8. The molecule has 0 aliphatic rings. The maximum absolute atomic E-state index is 12.3. The van der Waals surface area contributed by atoms with Gasteiger partial charge in [0.2, 0.25) is 0 Å². The van der Waals surface area contributed by atoms with Crippen molar-refractivity contribution >= 4 is 33.2 Å². The summed E-state index contributed by atoms with van der Waals surface area (Å²) in [6, 6.07) is 3.39. The number of hydrogen-bond acceptors (Lipinski definition) is 5. The summed E-state index contributed by atoms with van der Waals surface area (Å²) in [5.41, 5.74) is 1.36. The van der Waals surface area contributed by atoms with Gasteiger partial charge in [0.15, 0.2) is 0 Å². The molecule has 2 aromatic rings. The second-order valence-corrected chi connectivity index (χ2v) is 6.05. The Balaban J connectivity index is 2.19. The highest BCUT2D eigenvalue weighted by Crippen LogP contribution is 2.33. The Kier molecular flexibility index (Phi) is 5.19. The number of aryl methyl sites for hydroxylation is 1. The number of hydrogen-bond donors (Lipinski definition) is 1. The van der Waals surface area contributed by atoms with Crippen molar-refractivity contribution in [2.75, 3.05) is 14.2 Å². The molecule has 0 bridgehead atoms. The monoisotopic (exact) mass is 370 g/mol. The van der Waals surface area contributed by atoms with E-state index in [0.717, 1.165) is 10.7 Å². The van der Waals surface area contributed by atoms with Crippen LogP contribution < -0.4 is 14.8 Å². The normalized spacial score (nSPS) is 10.3. The first-order valence-corrected chi connectivity index (χ1v) is 7.83. The minimum absolute atomic E-state index is 0.237. The minimum atomic E-state index is -0.237. The fraction of sp³-hybridized carbons (Fsp3) is 0.286. The number of nitrogens with one attached hydrogen (secondary N) is 1. The van der Waals surface area contributed by atoms with Crippen LogP contribution >= 0.6 is 27.3 Å². The summed E-state index contributed by atoms with van der Waals surface area (Å²) in [4.78, 5) is 16.6. The van der Waals surface area contributed by atoms with Crippen molar-refractivity contribution in [2.45, 2.75) is 13.5 Å². The van der Waals surface area contributed by atoms with Gasteiger partial charge in [-0.1, -0.05) is 0 Å². The Morgan fingerprint density at radius 3 is 2.71 bits per heavy atom. The molecule has 0 saturated carbocycles. The average molecular weight is 371 g/mol. The van der Waals surface area contributed by atoms with Crippen molar-refractivity contribution in [1.82, 2.24) is 10.3 Å². The van der Waals surface area contributed by atoms with E-state index >= 15 is 0 Å². The van der Waals surface area contributed by atoms with Crippen LogP contribution in [0.2, 0.25) is 0 Å². The third kappa shape index (κ3) is 3.74. The van der Waals surface area contributed by atoms with Crippen LogP contribution in [0.4, 0.5) is 0 Å². The first-order valence-electron chi connectivity index (χ1n) is 6.16. The summed E-state index contributed by atoms with van der Waals surface area (Å²) in [6.45, 7) is 2.30. The maximum Gasteiger partial charge on any atom is 0.255 e. The molecule has 2 rings (SSSR count). The summed E-state index contributed by atoms with van der Waals surface area (Å²) in [5.74, 6) is 0.820. The van der Waals surface area contributed by atoms with Crippen LogP contribution in [0.15, 0.2) is 22.0 Å². The molecule has 0 aliphatic carbocycles. The van der Waals surface area contributed by atoms with Crippen LogP contribution in [0.25, 0.3) is 0 Å². The summed E-state index contributed by atoms with van der Waals surface area (Å²) < 4.78 is 11.1. The number of amides is 1. The molecule has 1 N–H and O–H groups in total. The fourth-order valence-corrected chi connectivity index (χ4v) is 3.11. The number of nitrogens with zero attached hydrogens (tertiary/aromatic N) is 1. The molecule has 1 aromatic heterocycles. The summed E-state index contributed by atoms with van der Waals surface area (Å²) in [5, 5.41) is 5.65. The third-order valence-corrected chi connectivity index (χ3v) is 4.32. The first-order chi connectivity index (χ1) is 10.0. The molecule has 0 atom stereocenters. The van der Waals surface area contributed by atoms with E-state index in [1.54, 1.807) is 19.2 Å². The van der Waals surface area contributed by atoms with Crippen molar-refractivity contribution in [3.8, 4) is 11.5 Å². The summed E-state index contributed by atoms with van der Waals surface area (Å²) >= 11 is 4.89. The Hall–Kier alpha value is -1.60. The topological polar surface area (TPSA) is 60.5 Å². The predicted molar refractivity (Wildman–Crippen MR) is 85.3 cm³/mol. The van der Waals surface area contributed by atoms with Crippen LogP contribution in [-0.4, -0.2) is 25.1 Å². The van der Waals surface area contributed by atoms with Gasteiger partial charge in [0.05, 0.1) is 30.8 Å². The summed E-state index contributed by atoms with van der Waals surface area (Å²) in [6.07, 6.45) is 0. The van der Waals surface area contributed by atoms with Crippen molar-refractivity contribution in [3.63, 3.8) is 0 Å². The Morgan fingerprint density at radius 1 is 1.38 bits per heavy atom. The molecule has 1 aromatic carbocycles. The van der Waals surface area contributed by atoms with Crippen molar-refractivity contribution in [3.05, 3.63) is 38.3 Å². The van der Waals surface area contributed by atoms with Crippen LogP contribution in [0, 0.1) is 6.92 Å². The number of aromatic nitrogens is 1. The van der Waals surface area contributed by atoms with Gasteiger partial charge in [-0.25, -0.2) is 4.98 Å². The highest BCUT2D eigenvalue weighted by atomic mass is 79.9. The molecule has 0 aliphatic heterocycles. The molecular formula is C14H15BrN2O3S. The number of thiazole rings is 1. The van der Waals surface area contributed by atoms with Gasteiger partial charge < -0.3 is 14.8 Å². The van der Waals surface area contributed by atoms with E-state index in [4.69, 9.17) is 9.47 Å². The van der Waals surface area contributed by atoms with Gasteiger partial charge in [-0.05, 0) is 35.0 Å². The van der Waals surface area contributed by atoms with Crippen molar-refractivity contribution < 1.29 is 14.3 Å². The van der Waals surface area contributed by atoms with Gasteiger partial charge in [-0.2, -0.15) is 0 Å². The van der Waals surface area contributed by atoms with Gasteiger partial charge in [-0.3, -0.25) is 4.79 Å². The molecule has 0 radical (unpaired) electrons. The lowest BCUT2D eigenvalue weighted by molar-refractivity contribution is 0.0947. The van der Waals surface area contributed by atoms with E-state index in [-0.39, 0.29) is 5.91 Å². The number of carbonyl (C=O) groups is 1. The van der Waals surface area contributed by atoms with Crippen molar-refractivity contribution in [1.29, 1.82) is 0 Å². The standard InChI is InChI=1S/C14H15BrN2O3S/c1-8-7-21-12(17-8)6-16-14(18)10-4-9(19-2)5-11(15)13(10)20-3/h4-5,7H,6H2,1-3H3,(H,16,18). The number of carbonyl (C=O) groups excluding carboxylic acids is 1. The third-order valence-electron chi connectivity index (χ3n) is 2.77. The molecule has 112 valence electrons. The Labute approximate surface area is 135 Å². The average Bonchev–Trinajstić information content (AvgIpc) is 2.89. The van der Waals surface area contributed by atoms with E-state index < -0.39 is 0 Å². The SMILES string of the molecule is COc1cc(Br)c(OC)c(C(=O)NCc2nc(C)cs2)c1. The van der Waals surface area contributed by atoms with Gasteiger partial charge >= 0.3 is 0 Å². The molecular weight excluding hydrogens is 356 g/mol. The lowest BCUT2D eigenvalue weighted by Gasteiger charge is -2.12. The zero-order valence-electron chi connectivity index (χ0n) is 11.9. The predicted octanol–water partition coefficient (Wildman–Crippen LogP) is 3.16. The van der Waals surface area contributed by atoms with Crippen LogP contribution in [0.1, 0.15) is 21.1 Å². The van der Waals surface area contributed by atoms with Crippen molar-refractivity contribution in [2.24, 2.45) is 0 Å². The number of ether oxygens (including phenoxy) is 2. The number of halogens is 1. The molecule has 21 heavy (non-hydrogen) atoms. The van der Waals surface area contributed by atoms with Gasteiger partial charge in [0.25, 0.3) is 5.91 Å². The number of rotatable bonds is 5. The minimum Gasteiger partial charge on any atom is -0.497 e. The smallest absolute Gasteiger partial charge is 0.255 e. The summed E-state index contributed by atoms with van der Waals surface area (Å²) in [7, 11) is 3.07. The second kappa shape index (κ2) is 6.91. The zero-order chi connectivity index (χ0) is 15.4. The molecule has 5 nitrogen and oxygen atoms in total. The number of methoxy groups -OCH3 is 2. The highest BCUT2D eigenvalue weighted by molar-refractivity contribution is 9.10. The van der Waals surface area contributed by atoms with Crippen LogP contribution in [0.5, 0.6) is 11.5 Å². The Bertz CT molecular complexity index is 658. The zero-order valence-corrected chi connectivity index (χ0v) is 14.3. The fourth-order valence-electron chi connectivity index (χ4n) is 1.80. The molecule has 1 amide bonds. The molecule has 0 fully saturated rings. The Morgan fingerprint density at radius 2 is 2.14 bits per heavy atom. The van der Waals surface area contributed by atoms with E-state index in [0.29, 0.717) is 28.1 Å². The van der Waals surface area contributed by atoms with Gasteiger partial charge in [0, 0.05) is 11.1 Å². The van der Waals surface area contributed by atoms with E-state index in [1.807, 2.05) is 12.3 Å². The van der Waals surface area contributed by atoms with Gasteiger partial charge in [-0.15, -0.1) is 11.3 Å². The maximum atomic E-state index is 12.3. The largest absolute Gasteiger partial charge is 0.497 e. The molecule has 1 heterocycles. The van der Waals surface area contributed by atoms with E-state index in [2.05, 4.69) is 26.2 Å². The lowest BCUT2D eigenvalue weighted by Crippen LogP contribution is -2.23. The second-order valence-electron chi connectivity index (χ2n) is 4.26. The highest BCUT2D eigenvalue weighted by Gasteiger charge is 2.17. The van der Waals surface area contributed by atoms with Gasteiger partial charge in [0.1, 0.15) is 16.5 Å². The quantitative estimate of drug-likeness (QED) is 0.877. The van der Waals surface area contributed by atoms with E-state index in [1.165, 1.54) is 18.4 Å².